The molecule has 0 saturated carbocycles. The molecule has 2 amide bonds. The van der Waals surface area contributed by atoms with E-state index in [0.29, 0.717) is 16.8 Å². The van der Waals surface area contributed by atoms with E-state index in [-0.39, 0.29) is 11.8 Å². The Morgan fingerprint density at radius 1 is 0.880 bits per heavy atom. The van der Waals surface area contributed by atoms with Gasteiger partial charge in [-0.2, -0.15) is 11.3 Å². The molecule has 2 N–H and O–H groups in total. The molecule has 1 aromatic heterocycles. The van der Waals surface area contributed by atoms with E-state index in [1.807, 2.05) is 37.4 Å². The topological polar surface area (TPSA) is 58.2 Å². The third-order valence-corrected chi connectivity index (χ3v) is 4.52. The molecule has 5 heteroatoms. The molecule has 0 spiro atoms. The third kappa shape index (κ3) is 3.95. The second-order valence-electron chi connectivity index (χ2n) is 5.78. The predicted molar refractivity (Wildman–Crippen MR) is 103 cm³/mol. The molecule has 25 heavy (non-hydrogen) atoms. The molecule has 0 saturated heterocycles. The Bertz CT molecular complexity index is 917. The van der Waals surface area contributed by atoms with E-state index >= 15 is 0 Å². The van der Waals surface area contributed by atoms with Crippen LogP contribution in [0.2, 0.25) is 0 Å². The molecule has 0 aliphatic carbocycles. The number of benzene rings is 2. The minimum atomic E-state index is -0.256. The van der Waals surface area contributed by atoms with Gasteiger partial charge < -0.3 is 10.6 Å². The Morgan fingerprint density at radius 2 is 1.64 bits per heavy atom. The molecule has 3 aromatic rings. The molecule has 0 aliphatic rings. The van der Waals surface area contributed by atoms with Crippen LogP contribution in [-0.2, 0) is 0 Å². The van der Waals surface area contributed by atoms with Crippen LogP contribution in [0.4, 0.5) is 11.4 Å². The maximum atomic E-state index is 12.7. The number of hydrogen-bond acceptors (Lipinski definition) is 3. The molecule has 3 rings (SSSR count). The fourth-order valence-electron chi connectivity index (χ4n) is 2.52. The summed E-state index contributed by atoms with van der Waals surface area (Å²) >= 11 is 1.45. The van der Waals surface area contributed by atoms with Crippen LogP contribution < -0.4 is 10.6 Å². The van der Waals surface area contributed by atoms with Gasteiger partial charge in [0.25, 0.3) is 11.8 Å². The molecule has 126 valence electrons. The average Bonchev–Trinajstić information content (AvgIpc) is 3.12. The average molecular weight is 350 g/mol. The van der Waals surface area contributed by atoms with Gasteiger partial charge in [0.15, 0.2) is 0 Å². The van der Waals surface area contributed by atoms with Crippen molar-refractivity contribution in [3.05, 3.63) is 81.5 Å². The van der Waals surface area contributed by atoms with Gasteiger partial charge in [-0.25, -0.2) is 0 Å². The standard InChI is InChI=1S/C20H18N2O2S/c1-13-7-8-17(14(2)11-13)21-20(24)16-5-3-4-6-18(16)22-19(23)15-9-10-25-12-15/h3-12H,1-2H3,(H,21,24)(H,22,23). The van der Waals surface area contributed by atoms with Crippen molar-refractivity contribution in [3.63, 3.8) is 0 Å². The Balaban J connectivity index is 1.82. The quantitative estimate of drug-likeness (QED) is 0.705. The highest BCUT2D eigenvalue weighted by molar-refractivity contribution is 7.08. The van der Waals surface area contributed by atoms with Crippen LogP contribution in [0, 0.1) is 13.8 Å². The second-order valence-corrected chi connectivity index (χ2v) is 6.56. The molecular formula is C20H18N2O2S. The van der Waals surface area contributed by atoms with Gasteiger partial charge in [0.1, 0.15) is 0 Å². The zero-order valence-electron chi connectivity index (χ0n) is 14.0. The van der Waals surface area contributed by atoms with Crippen LogP contribution in [0.3, 0.4) is 0 Å². The van der Waals surface area contributed by atoms with Crippen LogP contribution in [-0.4, -0.2) is 11.8 Å². The van der Waals surface area contributed by atoms with Crippen LogP contribution in [0.1, 0.15) is 31.8 Å². The SMILES string of the molecule is Cc1ccc(NC(=O)c2ccccc2NC(=O)c2ccsc2)c(C)c1. The van der Waals surface area contributed by atoms with Gasteiger partial charge >= 0.3 is 0 Å². The van der Waals surface area contributed by atoms with Gasteiger partial charge in [-0.3, -0.25) is 9.59 Å². The number of amides is 2. The minimum absolute atomic E-state index is 0.229. The van der Waals surface area contributed by atoms with E-state index in [0.717, 1.165) is 16.8 Å². The molecule has 2 aromatic carbocycles. The number of aryl methyl sites for hydroxylation is 2. The minimum Gasteiger partial charge on any atom is -0.322 e. The number of carbonyl (C=O) groups excluding carboxylic acids is 2. The van der Waals surface area contributed by atoms with E-state index in [1.165, 1.54) is 11.3 Å². The van der Waals surface area contributed by atoms with Gasteiger partial charge in [0.2, 0.25) is 0 Å². The van der Waals surface area contributed by atoms with Crippen molar-refractivity contribution in [2.24, 2.45) is 0 Å². The number of nitrogens with one attached hydrogen (secondary N) is 2. The number of rotatable bonds is 4. The Kier molecular flexibility index (Phi) is 4.95. The number of hydrogen-bond donors (Lipinski definition) is 2. The predicted octanol–water partition coefficient (Wildman–Crippen LogP) is 4.87. The summed E-state index contributed by atoms with van der Waals surface area (Å²) in [5.41, 5.74) is 4.38. The summed E-state index contributed by atoms with van der Waals surface area (Å²) in [6, 6.07) is 14.6. The van der Waals surface area contributed by atoms with Crippen molar-refractivity contribution < 1.29 is 9.59 Å². The van der Waals surface area contributed by atoms with Crippen molar-refractivity contribution in [1.82, 2.24) is 0 Å². The molecule has 0 fully saturated rings. The van der Waals surface area contributed by atoms with E-state index in [2.05, 4.69) is 10.6 Å². The van der Waals surface area contributed by atoms with Crippen molar-refractivity contribution in [2.75, 3.05) is 10.6 Å². The second kappa shape index (κ2) is 7.32. The molecule has 0 aliphatic heterocycles. The van der Waals surface area contributed by atoms with Gasteiger partial charge in [0, 0.05) is 11.1 Å². The maximum absolute atomic E-state index is 12.7. The van der Waals surface area contributed by atoms with E-state index in [4.69, 9.17) is 0 Å². The third-order valence-electron chi connectivity index (χ3n) is 3.83. The molecule has 1 heterocycles. The fourth-order valence-corrected chi connectivity index (χ4v) is 3.16. The van der Waals surface area contributed by atoms with Crippen LogP contribution in [0.5, 0.6) is 0 Å². The first-order valence-electron chi connectivity index (χ1n) is 7.86. The fraction of sp³-hybridized carbons (Fsp3) is 0.100. The summed E-state index contributed by atoms with van der Waals surface area (Å²) < 4.78 is 0. The number of para-hydroxylation sites is 1. The van der Waals surface area contributed by atoms with Crippen molar-refractivity contribution >= 4 is 34.5 Å². The molecule has 4 nitrogen and oxygen atoms in total. The zero-order valence-corrected chi connectivity index (χ0v) is 14.8. The summed E-state index contributed by atoms with van der Waals surface area (Å²) in [7, 11) is 0. The van der Waals surface area contributed by atoms with Gasteiger partial charge in [-0.05, 0) is 49.1 Å². The zero-order chi connectivity index (χ0) is 17.8. The number of thiophene rings is 1. The van der Waals surface area contributed by atoms with Crippen LogP contribution in [0.15, 0.2) is 59.3 Å². The monoisotopic (exact) mass is 350 g/mol. The van der Waals surface area contributed by atoms with Crippen molar-refractivity contribution in [1.29, 1.82) is 0 Å². The van der Waals surface area contributed by atoms with E-state index in [1.54, 1.807) is 35.7 Å². The van der Waals surface area contributed by atoms with Gasteiger partial charge in [0.05, 0.1) is 16.8 Å². The van der Waals surface area contributed by atoms with Crippen molar-refractivity contribution in [2.45, 2.75) is 13.8 Å². The van der Waals surface area contributed by atoms with Crippen LogP contribution in [0.25, 0.3) is 0 Å². The Morgan fingerprint density at radius 3 is 2.36 bits per heavy atom. The van der Waals surface area contributed by atoms with Crippen LogP contribution >= 0.6 is 11.3 Å². The lowest BCUT2D eigenvalue weighted by Gasteiger charge is -2.13. The van der Waals surface area contributed by atoms with E-state index in [9.17, 15) is 9.59 Å². The maximum Gasteiger partial charge on any atom is 0.257 e. The smallest absolute Gasteiger partial charge is 0.257 e. The van der Waals surface area contributed by atoms with Gasteiger partial charge in [-0.15, -0.1) is 0 Å². The normalized spacial score (nSPS) is 10.3. The molecule has 0 unspecified atom stereocenters. The number of carbonyl (C=O) groups is 2. The van der Waals surface area contributed by atoms with Crippen molar-refractivity contribution in [3.8, 4) is 0 Å². The summed E-state index contributed by atoms with van der Waals surface area (Å²) in [6.07, 6.45) is 0. The lowest BCUT2D eigenvalue weighted by Crippen LogP contribution is -2.18. The first-order chi connectivity index (χ1) is 12.0. The molecule has 0 atom stereocenters. The molecular weight excluding hydrogens is 332 g/mol. The molecule has 0 bridgehead atoms. The lowest BCUT2D eigenvalue weighted by atomic mass is 10.1. The van der Waals surface area contributed by atoms with E-state index < -0.39 is 0 Å². The lowest BCUT2D eigenvalue weighted by molar-refractivity contribution is 0.102. The highest BCUT2D eigenvalue weighted by Gasteiger charge is 2.15. The first kappa shape index (κ1) is 16.9. The summed E-state index contributed by atoms with van der Waals surface area (Å²) in [6.45, 7) is 3.96. The number of anilines is 2. The highest BCUT2D eigenvalue weighted by Crippen LogP contribution is 2.21. The van der Waals surface area contributed by atoms with Gasteiger partial charge in [-0.1, -0.05) is 29.8 Å². The molecule has 0 radical (unpaired) electrons. The summed E-state index contributed by atoms with van der Waals surface area (Å²) in [4.78, 5) is 24.9. The summed E-state index contributed by atoms with van der Waals surface area (Å²) in [5.74, 6) is -0.485. The largest absolute Gasteiger partial charge is 0.322 e. The Hall–Kier alpha value is -2.92. The highest BCUT2D eigenvalue weighted by atomic mass is 32.1. The first-order valence-corrected chi connectivity index (χ1v) is 8.80. The summed E-state index contributed by atoms with van der Waals surface area (Å²) in [5, 5.41) is 9.34. The Labute approximate surface area is 150 Å².